The normalized spacial score (nSPS) is 23.4. The lowest BCUT2D eigenvalue weighted by atomic mass is 9.86. The number of methoxy groups -OCH3 is 1. The number of piperidine rings is 1. The van der Waals surface area contributed by atoms with E-state index in [-0.39, 0.29) is 12.0 Å². The van der Waals surface area contributed by atoms with E-state index in [1.807, 2.05) is 0 Å². The smallest absolute Gasteiger partial charge is 0.122 e. The fraction of sp³-hybridized carbons (Fsp3) is 0.423. The van der Waals surface area contributed by atoms with Gasteiger partial charge in [-0.25, -0.2) is 0 Å². The first kappa shape index (κ1) is 20.9. The standard InChI is InChI=1S/C26H32N4O2/c1-32-24-8-3-2-7-21(24)23-16-29-26-22(23)14-19(15-28-26)17-5-4-6-18(13-17)25(27)30-11-9-20(31)10-12-30/h4-8,14,16,18,20,27-29,31H,2-3,9-13,15H2,1H3. The molecule has 1 unspecified atom stereocenters. The zero-order chi connectivity index (χ0) is 22.1. The van der Waals surface area contributed by atoms with Crippen molar-refractivity contribution < 1.29 is 9.84 Å². The van der Waals surface area contributed by atoms with E-state index in [9.17, 15) is 5.11 Å². The molecular weight excluding hydrogens is 400 g/mol. The highest BCUT2D eigenvalue weighted by atomic mass is 16.5. The van der Waals surface area contributed by atoms with Gasteiger partial charge in [0.25, 0.3) is 0 Å². The van der Waals surface area contributed by atoms with Crippen molar-refractivity contribution in [2.75, 3.05) is 32.1 Å². The molecule has 0 radical (unpaired) electrons. The number of hydrogen-bond donors (Lipinski definition) is 4. The number of H-pyrrole nitrogens is 1. The second-order valence-electron chi connectivity index (χ2n) is 8.97. The predicted octanol–water partition coefficient (Wildman–Crippen LogP) is 4.47. The molecule has 2 aliphatic carbocycles. The number of likely N-dealkylation sites (tertiary alicyclic amines) is 1. The van der Waals surface area contributed by atoms with Crippen LogP contribution in [0.2, 0.25) is 0 Å². The molecule has 6 heteroatoms. The van der Waals surface area contributed by atoms with Crippen molar-refractivity contribution in [2.24, 2.45) is 5.92 Å². The SMILES string of the molecule is COC1=CCCC=C1c1c[nH]c2c1C=C(C1=CC=CC(C(=N)N3CCC(O)CC3)C1)CN2. The van der Waals surface area contributed by atoms with Crippen molar-refractivity contribution in [1.82, 2.24) is 9.88 Å². The highest BCUT2D eigenvalue weighted by Gasteiger charge is 2.27. The number of amidine groups is 1. The van der Waals surface area contributed by atoms with Crippen LogP contribution in [0.25, 0.3) is 11.6 Å². The van der Waals surface area contributed by atoms with Gasteiger partial charge in [-0.3, -0.25) is 5.41 Å². The number of aliphatic hydroxyl groups excluding tert-OH is 1. The Morgan fingerprint density at radius 2 is 2.00 bits per heavy atom. The van der Waals surface area contributed by atoms with Crippen LogP contribution in [0.4, 0.5) is 5.82 Å². The Bertz CT molecular complexity index is 1050. The summed E-state index contributed by atoms with van der Waals surface area (Å²) in [6.45, 7) is 2.32. The van der Waals surface area contributed by atoms with E-state index in [4.69, 9.17) is 10.1 Å². The fourth-order valence-corrected chi connectivity index (χ4v) is 5.10. The number of aromatic amines is 1. The van der Waals surface area contributed by atoms with Crippen molar-refractivity contribution >= 4 is 23.3 Å². The quantitative estimate of drug-likeness (QED) is 0.418. The topological polar surface area (TPSA) is 84.4 Å². The number of hydrogen-bond acceptors (Lipinski definition) is 4. The van der Waals surface area contributed by atoms with Crippen molar-refractivity contribution in [2.45, 2.75) is 38.2 Å². The largest absolute Gasteiger partial charge is 0.496 e. The molecule has 0 spiro atoms. The van der Waals surface area contributed by atoms with E-state index >= 15 is 0 Å². The molecule has 6 nitrogen and oxygen atoms in total. The second kappa shape index (κ2) is 8.87. The third-order valence-electron chi connectivity index (χ3n) is 6.96. The van der Waals surface area contributed by atoms with Gasteiger partial charge in [-0.2, -0.15) is 0 Å². The van der Waals surface area contributed by atoms with Gasteiger partial charge in [0.05, 0.1) is 13.2 Å². The fourth-order valence-electron chi connectivity index (χ4n) is 5.10. The average Bonchev–Trinajstić information content (AvgIpc) is 3.27. The Hall–Kier alpha value is -2.99. The highest BCUT2D eigenvalue weighted by Crippen LogP contribution is 2.38. The van der Waals surface area contributed by atoms with Gasteiger partial charge >= 0.3 is 0 Å². The molecule has 0 bridgehead atoms. The zero-order valence-corrected chi connectivity index (χ0v) is 18.7. The van der Waals surface area contributed by atoms with Crippen LogP contribution in [0, 0.1) is 11.3 Å². The molecule has 168 valence electrons. The van der Waals surface area contributed by atoms with Crippen LogP contribution in [0.5, 0.6) is 0 Å². The lowest BCUT2D eigenvalue weighted by Crippen LogP contribution is -2.42. The minimum Gasteiger partial charge on any atom is -0.496 e. The number of ether oxygens (including phenoxy) is 1. The number of aliphatic hydroxyl groups is 1. The molecule has 32 heavy (non-hydrogen) atoms. The van der Waals surface area contributed by atoms with Gasteiger partial charge < -0.3 is 25.0 Å². The van der Waals surface area contributed by atoms with Crippen LogP contribution in [-0.4, -0.2) is 53.7 Å². The molecular formula is C26H32N4O2. The lowest BCUT2D eigenvalue weighted by Gasteiger charge is -2.35. The Kier molecular flexibility index (Phi) is 5.79. The number of nitrogens with zero attached hydrogens (tertiary/aromatic N) is 1. The summed E-state index contributed by atoms with van der Waals surface area (Å²) in [6, 6.07) is 0. The Morgan fingerprint density at radius 3 is 2.81 bits per heavy atom. The first-order valence-corrected chi connectivity index (χ1v) is 11.6. The molecule has 3 heterocycles. The van der Waals surface area contributed by atoms with Gasteiger partial charge in [-0.15, -0.1) is 0 Å². The number of anilines is 1. The molecule has 1 aromatic rings. The molecule has 0 aromatic carbocycles. The van der Waals surface area contributed by atoms with Crippen LogP contribution in [0.15, 0.2) is 53.5 Å². The van der Waals surface area contributed by atoms with Gasteiger partial charge in [0.2, 0.25) is 0 Å². The molecule has 0 saturated carbocycles. The molecule has 1 atom stereocenters. The van der Waals surface area contributed by atoms with Crippen molar-refractivity contribution in [3.05, 3.63) is 64.6 Å². The lowest BCUT2D eigenvalue weighted by molar-refractivity contribution is 0.107. The van der Waals surface area contributed by atoms with E-state index in [0.717, 1.165) is 68.9 Å². The molecule has 5 rings (SSSR count). The third kappa shape index (κ3) is 3.95. The summed E-state index contributed by atoms with van der Waals surface area (Å²) in [5, 5.41) is 22.1. The number of aromatic nitrogens is 1. The minimum atomic E-state index is -0.215. The van der Waals surface area contributed by atoms with Crippen LogP contribution >= 0.6 is 0 Å². The maximum atomic E-state index is 9.79. The van der Waals surface area contributed by atoms with E-state index in [1.54, 1.807) is 7.11 Å². The van der Waals surface area contributed by atoms with Gasteiger partial charge in [0.15, 0.2) is 0 Å². The van der Waals surface area contributed by atoms with Gasteiger partial charge in [0, 0.05) is 48.4 Å². The summed E-state index contributed by atoms with van der Waals surface area (Å²) in [5.41, 5.74) is 6.05. The molecule has 0 amide bonds. The highest BCUT2D eigenvalue weighted by molar-refractivity contribution is 5.89. The van der Waals surface area contributed by atoms with Crippen molar-refractivity contribution in [1.29, 1.82) is 5.41 Å². The predicted molar refractivity (Wildman–Crippen MR) is 129 cm³/mol. The summed E-state index contributed by atoms with van der Waals surface area (Å²) < 4.78 is 5.64. The summed E-state index contributed by atoms with van der Waals surface area (Å²) in [7, 11) is 1.74. The van der Waals surface area contributed by atoms with Gasteiger partial charge in [-0.05, 0) is 55.4 Å². The van der Waals surface area contributed by atoms with E-state index < -0.39 is 0 Å². The molecule has 1 aromatic heterocycles. The summed E-state index contributed by atoms with van der Waals surface area (Å²) in [4.78, 5) is 5.52. The number of fused-ring (bicyclic) bond motifs is 1. The van der Waals surface area contributed by atoms with E-state index in [2.05, 4.69) is 57.9 Å². The Balaban J connectivity index is 1.36. The molecule has 1 saturated heterocycles. The van der Waals surface area contributed by atoms with Crippen LogP contribution < -0.4 is 5.32 Å². The Labute approximate surface area is 189 Å². The zero-order valence-electron chi connectivity index (χ0n) is 18.7. The molecule has 4 N–H and O–H groups in total. The van der Waals surface area contributed by atoms with Crippen molar-refractivity contribution in [3.63, 3.8) is 0 Å². The van der Waals surface area contributed by atoms with Gasteiger partial charge in [0.1, 0.15) is 17.4 Å². The summed E-state index contributed by atoms with van der Waals surface area (Å²) in [5.74, 6) is 2.75. The maximum Gasteiger partial charge on any atom is 0.122 e. The minimum absolute atomic E-state index is 0.0855. The average molecular weight is 433 g/mol. The maximum absolute atomic E-state index is 9.79. The first-order valence-electron chi connectivity index (χ1n) is 11.6. The number of allylic oxidation sites excluding steroid dienone is 5. The second-order valence-corrected chi connectivity index (χ2v) is 8.97. The summed E-state index contributed by atoms with van der Waals surface area (Å²) >= 11 is 0. The summed E-state index contributed by atoms with van der Waals surface area (Å²) in [6.07, 6.45) is 19.4. The molecule has 2 aliphatic heterocycles. The van der Waals surface area contributed by atoms with Crippen LogP contribution in [-0.2, 0) is 4.74 Å². The number of rotatable bonds is 4. The first-order chi connectivity index (χ1) is 15.6. The number of nitrogens with one attached hydrogen (secondary N) is 3. The third-order valence-corrected chi connectivity index (χ3v) is 6.96. The molecule has 4 aliphatic rings. The van der Waals surface area contributed by atoms with Crippen molar-refractivity contribution in [3.8, 4) is 0 Å². The van der Waals surface area contributed by atoms with Gasteiger partial charge in [-0.1, -0.05) is 24.3 Å². The van der Waals surface area contributed by atoms with Crippen LogP contribution in [0.3, 0.4) is 0 Å². The van der Waals surface area contributed by atoms with E-state index in [0.29, 0.717) is 5.84 Å². The van der Waals surface area contributed by atoms with E-state index in [1.165, 1.54) is 22.3 Å². The van der Waals surface area contributed by atoms with Crippen LogP contribution in [0.1, 0.15) is 43.2 Å². The molecule has 1 fully saturated rings. The monoisotopic (exact) mass is 432 g/mol. The Morgan fingerprint density at radius 1 is 1.19 bits per heavy atom.